The number of amides is 1. The molecule has 28 heavy (non-hydrogen) atoms. The molecule has 0 aliphatic heterocycles. The molecule has 0 spiro atoms. The van der Waals surface area contributed by atoms with Crippen LogP contribution in [-0.2, 0) is 16.6 Å². The Morgan fingerprint density at radius 2 is 1.64 bits per heavy atom. The Kier molecular flexibility index (Phi) is 5.75. The van der Waals surface area contributed by atoms with Crippen LogP contribution in [0, 0.1) is 5.82 Å². The number of benzene rings is 3. The number of carbonyl (C=O) groups excluding carboxylic acids is 1. The number of halogens is 1. The molecule has 5 nitrogen and oxygen atoms in total. The zero-order chi connectivity index (χ0) is 20.1. The van der Waals surface area contributed by atoms with Crippen molar-refractivity contribution in [2.45, 2.75) is 11.4 Å². The molecule has 3 rings (SSSR count). The number of anilines is 1. The molecule has 3 aromatic rings. The molecule has 0 bridgehead atoms. The second kappa shape index (κ2) is 8.22. The van der Waals surface area contributed by atoms with Gasteiger partial charge < -0.3 is 4.90 Å². The van der Waals surface area contributed by atoms with E-state index in [1.807, 2.05) is 0 Å². The molecule has 0 radical (unpaired) electrons. The van der Waals surface area contributed by atoms with E-state index in [2.05, 4.69) is 4.72 Å². The maximum absolute atomic E-state index is 13.3. The molecule has 144 valence electrons. The lowest BCUT2D eigenvalue weighted by atomic mass is 10.1. The van der Waals surface area contributed by atoms with Crippen LogP contribution in [0.5, 0.6) is 0 Å². The lowest BCUT2D eigenvalue weighted by Crippen LogP contribution is -2.26. The number of para-hydroxylation sites is 1. The quantitative estimate of drug-likeness (QED) is 0.685. The summed E-state index contributed by atoms with van der Waals surface area (Å²) in [6, 6.07) is 20.3. The van der Waals surface area contributed by atoms with Crippen LogP contribution < -0.4 is 4.72 Å². The first-order valence-corrected chi connectivity index (χ1v) is 10.0. The second-order valence-corrected chi connectivity index (χ2v) is 7.97. The fourth-order valence-electron chi connectivity index (χ4n) is 2.70. The molecule has 0 saturated carbocycles. The Hall–Kier alpha value is -3.19. The van der Waals surface area contributed by atoms with Crippen LogP contribution in [-0.4, -0.2) is 26.3 Å². The van der Waals surface area contributed by atoms with E-state index in [1.165, 1.54) is 41.3 Å². The van der Waals surface area contributed by atoms with Crippen LogP contribution in [0.2, 0.25) is 0 Å². The van der Waals surface area contributed by atoms with Gasteiger partial charge in [-0.3, -0.25) is 9.52 Å². The third-order valence-corrected chi connectivity index (χ3v) is 5.49. The molecule has 0 saturated heterocycles. The van der Waals surface area contributed by atoms with E-state index in [-0.39, 0.29) is 23.2 Å². The molecular formula is C21H19FN2O3S. The van der Waals surface area contributed by atoms with E-state index in [0.717, 1.165) is 0 Å². The highest BCUT2D eigenvalue weighted by Gasteiger charge is 2.17. The van der Waals surface area contributed by atoms with Crippen molar-refractivity contribution in [3.05, 3.63) is 95.8 Å². The van der Waals surface area contributed by atoms with E-state index in [9.17, 15) is 17.6 Å². The minimum atomic E-state index is -3.75. The average Bonchev–Trinajstić information content (AvgIpc) is 2.68. The Morgan fingerprint density at radius 1 is 0.964 bits per heavy atom. The SMILES string of the molecule is CN(Cc1cccc(F)c1)C(=O)c1ccc(S(=O)(=O)Nc2ccccc2)cc1. The van der Waals surface area contributed by atoms with Crippen LogP contribution in [0.3, 0.4) is 0 Å². The lowest BCUT2D eigenvalue weighted by molar-refractivity contribution is 0.0785. The summed E-state index contributed by atoms with van der Waals surface area (Å²) >= 11 is 0. The summed E-state index contributed by atoms with van der Waals surface area (Å²) in [6.07, 6.45) is 0. The van der Waals surface area contributed by atoms with Crippen LogP contribution in [0.15, 0.2) is 83.8 Å². The summed E-state index contributed by atoms with van der Waals surface area (Å²) in [7, 11) is -2.14. The summed E-state index contributed by atoms with van der Waals surface area (Å²) < 4.78 is 40.7. The van der Waals surface area contributed by atoms with Gasteiger partial charge in [-0.25, -0.2) is 12.8 Å². The molecule has 0 heterocycles. The van der Waals surface area contributed by atoms with Crippen molar-refractivity contribution in [2.75, 3.05) is 11.8 Å². The zero-order valence-corrected chi connectivity index (χ0v) is 16.0. The third-order valence-electron chi connectivity index (χ3n) is 4.09. The molecular weight excluding hydrogens is 379 g/mol. The normalized spacial score (nSPS) is 11.1. The van der Waals surface area contributed by atoms with Crippen LogP contribution >= 0.6 is 0 Å². The van der Waals surface area contributed by atoms with Gasteiger partial charge in [-0.1, -0.05) is 30.3 Å². The van der Waals surface area contributed by atoms with Gasteiger partial charge in [-0.05, 0) is 54.1 Å². The Morgan fingerprint density at radius 3 is 2.29 bits per heavy atom. The first kappa shape index (κ1) is 19.6. The van der Waals surface area contributed by atoms with Gasteiger partial charge in [0, 0.05) is 24.8 Å². The highest BCUT2D eigenvalue weighted by Crippen LogP contribution is 2.17. The number of nitrogens with zero attached hydrogens (tertiary/aromatic N) is 1. The summed E-state index contributed by atoms with van der Waals surface area (Å²) in [5.74, 6) is -0.650. The van der Waals surface area contributed by atoms with Gasteiger partial charge >= 0.3 is 0 Å². The van der Waals surface area contributed by atoms with Crippen LogP contribution in [0.4, 0.5) is 10.1 Å². The van der Waals surface area contributed by atoms with Crippen molar-refractivity contribution < 1.29 is 17.6 Å². The Bertz CT molecular complexity index is 1070. The smallest absolute Gasteiger partial charge is 0.261 e. The lowest BCUT2D eigenvalue weighted by Gasteiger charge is -2.17. The van der Waals surface area contributed by atoms with Crippen molar-refractivity contribution in [3.63, 3.8) is 0 Å². The fourth-order valence-corrected chi connectivity index (χ4v) is 3.76. The van der Waals surface area contributed by atoms with E-state index in [1.54, 1.807) is 49.5 Å². The van der Waals surface area contributed by atoms with Crippen molar-refractivity contribution in [2.24, 2.45) is 0 Å². The Balaban J connectivity index is 1.71. The topological polar surface area (TPSA) is 66.5 Å². The van der Waals surface area contributed by atoms with E-state index < -0.39 is 10.0 Å². The van der Waals surface area contributed by atoms with Gasteiger partial charge in [0.2, 0.25) is 0 Å². The highest BCUT2D eigenvalue weighted by atomic mass is 32.2. The number of hydrogen-bond donors (Lipinski definition) is 1. The first-order valence-electron chi connectivity index (χ1n) is 8.53. The van der Waals surface area contributed by atoms with E-state index >= 15 is 0 Å². The predicted octanol–water partition coefficient (Wildman–Crippen LogP) is 3.90. The zero-order valence-electron chi connectivity index (χ0n) is 15.2. The number of sulfonamides is 1. The van der Waals surface area contributed by atoms with Gasteiger partial charge in [0.05, 0.1) is 4.90 Å². The van der Waals surface area contributed by atoms with Gasteiger partial charge in [0.25, 0.3) is 15.9 Å². The molecule has 7 heteroatoms. The van der Waals surface area contributed by atoms with Crippen molar-refractivity contribution >= 4 is 21.6 Å². The molecule has 0 atom stereocenters. The number of carbonyl (C=O) groups is 1. The van der Waals surface area contributed by atoms with Gasteiger partial charge in [0.15, 0.2) is 0 Å². The third kappa shape index (κ3) is 4.75. The average molecular weight is 398 g/mol. The molecule has 0 aliphatic rings. The monoisotopic (exact) mass is 398 g/mol. The standard InChI is InChI=1S/C21H19FN2O3S/c1-24(15-16-6-5-7-18(22)14-16)21(25)17-10-12-20(13-11-17)28(26,27)23-19-8-3-2-4-9-19/h2-14,23H,15H2,1H3. The maximum Gasteiger partial charge on any atom is 0.261 e. The second-order valence-electron chi connectivity index (χ2n) is 6.29. The number of rotatable bonds is 6. The molecule has 0 fully saturated rings. The highest BCUT2D eigenvalue weighted by molar-refractivity contribution is 7.92. The molecule has 0 aromatic heterocycles. The molecule has 0 aliphatic carbocycles. The van der Waals surface area contributed by atoms with Crippen molar-refractivity contribution in [1.82, 2.24) is 4.90 Å². The Labute approximate surface area is 163 Å². The minimum Gasteiger partial charge on any atom is -0.337 e. The van der Waals surface area contributed by atoms with E-state index in [4.69, 9.17) is 0 Å². The summed E-state index contributed by atoms with van der Waals surface area (Å²) in [5.41, 5.74) is 1.47. The molecule has 0 unspecified atom stereocenters. The van der Waals surface area contributed by atoms with Gasteiger partial charge in [0.1, 0.15) is 5.82 Å². The molecule has 3 aromatic carbocycles. The summed E-state index contributed by atoms with van der Waals surface area (Å²) in [6.45, 7) is 0.242. The largest absolute Gasteiger partial charge is 0.337 e. The first-order chi connectivity index (χ1) is 13.3. The van der Waals surface area contributed by atoms with Crippen LogP contribution in [0.1, 0.15) is 15.9 Å². The minimum absolute atomic E-state index is 0.0562. The summed E-state index contributed by atoms with van der Waals surface area (Å²) in [5, 5.41) is 0. The maximum atomic E-state index is 13.3. The number of hydrogen-bond acceptors (Lipinski definition) is 3. The number of nitrogens with one attached hydrogen (secondary N) is 1. The predicted molar refractivity (Wildman–Crippen MR) is 106 cm³/mol. The van der Waals surface area contributed by atoms with Crippen LogP contribution in [0.25, 0.3) is 0 Å². The van der Waals surface area contributed by atoms with Crippen molar-refractivity contribution in [1.29, 1.82) is 0 Å². The van der Waals surface area contributed by atoms with Crippen molar-refractivity contribution in [3.8, 4) is 0 Å². The van der Waals surface area contributed by atoms with E-state index in [0.29, 0.717) is 16.8 Å². The van der Waals surface area contributed by atoms with Gasteiger partial charge in [-0.15, -0.1) is 0 Å². The fraction of sp³-hybridized carbons (Fsp3) is 0.0952. The van der Waals surface area contributed by atoms with Gasteiger partial charge in [-0.2, -0.15) is 0 Å². The molecule has 1 amide bonds. The summed E-state index contributed by atoms with van der Waals surface area (Å²) in [4.78, 5) is 14.1. The molecule has 1 N–H and O–H groups in total.